The van der Waals surface area contributed by atoms with Crippen LogP contribution in [0, 0.1) is 22.0 Å². The minimum Gasteiger partial charge on any atom is -0.490 e. The molecule has 3 N–H and O–H groups in total. The average molecular weight is 364 g/mol. The van der Waals surface area contributed by atoms with E-state index in [2.05, 4.69) is 5.32 Å². The monoisotopic (exact) mass is 364 g/mol. The summed E-state index contributed by atoms with van der Waals surface area (Å²) in [6.07, 6.45) is 2.53. The van der Waals surface area contributed by atoms with Crippen molar-refractivity contribution in [3.63, 3.8) is 0 Å². The number of rotatable bonds is 5. The van der Waals surface area contributed by atoms with Gasteiger partial charge in [-0.1, -0.05) is 0 Å². The van der Waals surface area contributed by atoms with Gasteiger partial charge < -0.3 is 20.3 Å². The molecular weight excluding hydrogens is 344 g/mol. The van der Waals surface area contributed by atoms with Gasteiger partial charge in [-0.25, -0.2) is 4.79 Å². The zero-order valence-electron chi connectivity index (χ0n) is 14.0. The smallest absolute Gasteiger partial charge is 0.339 e. The Bertz CT molecular complexity index is 736. The molecule has 0 radical (unpaired) electrons. The van der Waals surface area contributed by atoms with E-state index in [0.717, 1.165) is 18.9 Å². The van der Waals surface area contributed by atoms with Crippen LogP contribution in [0.15, 0.2) is 18.2 Å². The second-order valence-corrected chi connectivity index (χ2v) is 6.85. The predicted octanol–water partition coefficient (Wildman–Crippen LogP) is 1.90. The third kappa shape index (κ3) is 3.77. The summed E-state index contributed by atoms with van der Waals surface area (Å²) >= 11 is 0. The van der Waals surface area contributed by atoms with Crippen LogP contribution in [0.3, 0.4) is 0 Å². The fourth-order valence-electron chi connectivity index (χ4n) is 3.90. The van der Waals surface area contributed by atoms with Crippen molar-refractivity contribution in [1.29, 1.82) is 0 Å². The van der Waals surface area contributed by atoms with E-state index in [1.54, 1.807) is 0 Å². The lowest BCUT2D eigenvalue weighted by Gasteiger charge is -2.41. The highest BCUT2D eigenvalue weighted by Crippen LogP contribution is 2.38. The van der Waals surface area contributed by atoms with Gasteiger partial charge in [-0.3, -0.25) is 14.9 Å². The van der Waals surface area contributed by atoms with Gasteiger partial charge in [-0.05, 0) is 50.1 Å². The van der Waals surface area contributed by atoms with Crippen LogP contribution in [-0.2, 0) is 4.79 Å². The summed E-state index contributed by atoms with van der Waals surface area (Å²) in [5.41, 5.74) is -0.545. The number of aromatic carboxylic acids is 1. The predicted molar refractivity (Wildman–Crippen MR) is 89.3 cm³/mol. The lowest BCUT2D eigenvalue weighted by Crippen LogP contribution is -2.50. The van der Waals surface area contributed by atoms with Crippen LogP contribution in [0.25, 0.3) is 0 Å². The Labute approximate surface area is 149 Å². The van der Waals surface area contributed by atoms with Crippen molar-refractivity contribution in [1.82, 2.24) is 5.32 Å². The third-order valence-electron chi connectivity index (χ3n) is 5.25. The van der Waals surface area contributed by atoms with Crippen molar-refractivity contribution in [2.45, 2.75) is 37.8 Å². The second-order valence-electron chi connectivity index (χ2n) is 6.85. The first-order valence-electron chi connectivity index (χ1n) is 8.49. The average Bonchev–Trinajstić information content (AvgIpc) is 2.61. The fourth-order valence-corrected chi connectivity index (χ4v) is 3.90. The number of carbonyl (C=O) groups is 2. The van der Waals surface area contributed by atoms with Crippen molar-refractivity contribution >= 4 is 17.6 Å². The van der Waals surface area contributed by atoms with Gasteiger partial charge in [0.25, 0.3) is 5.69 Å². The molecule has 9 heteroatoms. The Balaban J connectivity index is 1.72. The molecule has 1 saturated carbocycles. The molecule has 4 unspecified atom stereocenters. The maximum Gasteiger partial charge on any atom is 0.339 e. The van der Waals surface area contributed by atoms with Crippen LogP contribution in [0.2, 0.25) is 0 Å². The number of hydrogen-bond acceptors (Lipinski definition) is 6. The van der Waals surface area contributed by atoms with Crippen molar-refractivity contribution in [3.05, 3.63) is 33.9 Å². The third-order valence-corrected chi connectivity index (χ3v) is 5.25. The Morgan fingerprint density at radius 2 is 1.96 bits per heavy atom. The summed E-state index contributed by atoms with van der Waals surface area (Å²) in [6.45, 7) is 0.659. The molecule has 1 heterocycles. The fraction of sp³-hybridized carbons (Fsp3) is 0.529. The second kappa shape index (κ2) is 7.28. The lowest BCUT2D eigenvalue weighted by molar-refractivity contribution is -0.384. The number of non-ortho nitro benzene ring substituents is 1. The summed E-state index contributed by atoms with van der Waals surface area (Å²) in [5, 5.41) is 32.4. The minimum atomic E-state index is -1.29. The molecule has 0 bridgehead atoms. The maximum atomic E-state index is 11.4. The summed E-state index contributed by atoms with van der Waals surface area (Å²) in [7, 11) is 0. The Hall–Kier alpha value is -2.68. The normalized spacial score (nSPS) is 28.0. The summed E-state index contributed by atoms with van der Waals surface area (Å²) in [4.78, 5) is 32.8. The molecule has 1 aromatic carbocycles. The molecule has 1 aromatic rings. The van der Waals surface area contributed by atoms with Crippen molar-refractivity contribution in [2.24, 2.45) is 11.8 Å². The van der Waals surface area contributed by atoms with Gasteiger partial charge in [-0.15, -0.1) is 0 Å². The van der Waals surface area contributed by atoms with Crippen molar-refractivity contribution in [2.75, 3.05) is 6.54 Å². The number of nitrogens with zero attached hydrogens (tertiary/aromatic N) is 1. The first-order chi connectivity index (χ1) is 12.3. The molecule has 0 amide bonds. The van der Waals surface area contributed by atoms with E-state index in [1.165, 1.54) is 12.1 Å². The van der Waals surface area contributed by atoms with E-state index < -0.39 is 22.9 Å². The SMILES string of the molecule is O=C(O)c1cc([N+](=O)[O-])ccc1OC1CCC2CNC(C(=O)O)CC2C1. The van der Waals surface area contributed by atoms with Gasteiger partial charge in [0.05, 0.1) is 11.0 Å². The van der Waals surface area contributed by atoms with Gasteiger partial charge in [0.1, 0.15) is 17.4 Å². The lowest BCUT2D eigenvalue weighted by atomic mass is 9.72. The van der Waals surface area contributed by atoms with E-state index in [0.29, 0.717) is 25.3 Å². The number of hydrogen-bond donors (Lipinski definition) is 3. The van der Waals surface area contributed by atoms with Gasteiger partial charge in [0, 0.05) is 12.1 Å². The molecule has 0 spiro atoms. The van der Waals surface area contributed by atoms with Gasteiger partial charge in [-0.2, -0.15) is 0 Å². The van der Waals surface area contributed by atoms with E-state index >= 15 is 0 Å². The van der Waals surface area contributed by atoms with Crippen molar-refractivity contribution < 1.29 is 29.5 Å². The summed E-state index contributed by atoms with van der Waals surface area (Å²) < 4.78 is 5.86. The quantitative estimate of drug-likeness (QED) is 0.532. The van der Waals surface area contributed by atoms with Crippen LogP contribution in [-0.4, -0.2) is 45.8 Å². The number of nitro benzene ring substituents is 1. The van der Waals surface area contributed by atoms with E-state index in [-0.39, 0.29) is 29.0 Å². The Kier molecular flexibility index (Phi) is 5.08. The van der Waals surface area contributed by atoms with Crippen LogP contribution in [0.1, 0.15) is 36.0 Å². The molecule has 3 rings (SSSR count). The number of benzene rings is 1. The largest absolute Gasteiger partial charge is 0.490 e. The van der Waals surface area contributed by atoms with Crippen LogP contribution in [0.5, 0.6) is 5.75 Å². The summed E-state index contributed by atoms with van der Waals surface area (Å²) in [6, 6.07) is 2.96. The van der Waals surface area contributed by atoms with E-state index in [1.807, 2.05) is 0 Å². The highest BCUT2D eigenvalue weighted by molar-refractivity contribution is 5.91. The van der Waals surface area contributed by atoms with E-state index in [9.17, 15) is 29.9 Å². The molecule has 1 saturated heterocycles. The number of piperidine rings is 1. The first kappa shape index (κ1) is 18.1. The number of aliphatic carboxylic acids is 1. The zero-order chi connectivity index (χ0) is 18.8. The van der Waals surface area contributed by atoms with Gasteiger partial charge in [0.15, 0.2) is 0 Å². The Morgan fingerprint density at radius 3 is 2.62 bits per heavy atom. The molecular formula is C17H20N2O7. The number of carboxylic acid groups (broad SMARTS) is 2. The molecule has 0 aromatic heterocycles. The van der Waals surface area contributed by atoms with Gasteiger partial charge >= 0.3 is 11.9 Å². The molecule has 1 aliphatic heterocycles. The van der Waals surface area contributed by atoms with Crippen LogP contribution >= 0.6 is 0 Å². The van der Waals surface area contributed by atoms with E-state index in [4.69, 9.17) is 4.74 Å². The first-order valence-corrected chi connectivity index (χ1v) is 8.49. The molecule has 9 nitrogen and oxygen atoms in total. The number of carboxylic acids is 2. The highest BCUT2D eigenvalue weighted by Gasteiger charge is 2.38. The molecule has 4 atom stereocenters. The molecule has 1 aliphatic carbocycles. The molecule has 26 heavy (non-hydrogen) atoms. The van der Waals surface area contributed by atoms with Crippen molar-refractivity contribution in [3.8, 4) is 5.75 Å². The number of nitrogens with one attached hydrogen (secondary N) is 1. The minimum absolute atomic E-state index is 0.107. The molecule has 2 aliphatic rings. The highest BCUT2D eigenvalue weighted by atomic mass is 16.6. The van der Waals surface area contributed by atoms with Crippen LogP contribution < -0.4 is 10.1 Å². The molecule has 140 valence electrons. The standard InChI is InChI=1S/C17H20N2O7/c20-16(21)13-7-11(19(24)25)2-4-15(13)26-12-3-1-9-8-18-14(17(22)23)6-10(9)5-12/h2,4,7,9-10,12,14,18H,1,3,5-6,8H2,(H,20,21)(H,22,23). The van der Waals surface area contributed by atoms with Gasteiger partial charge in [0.2, 0.25) is 0 Å². The Morgan fingerprint density at radius 1 is 1.19 bits per heavy atom. The topological polar surface area (TPSA) is 139 Å². The number of ether oxygens (including phenoxy) is 1. The maximum absolute atomic E-state index is 11.4. The van der Waals surface area contributed by atoms with Crippen LogP contribution in [0.4, 0.5) is 5.69 Å². The molecule has 2 fully saturated rings. The summed E-state index contributed by atoms with van der Waals surface area (Å²) in [5.74, 6) is -1.46. The zero-order valence-corrected chi connectivity index (χ0v) is 14.0. The number of nitro groups is 1. The number of fused-ring (bicyclic) bond motifs is 1.